The molecule has 0 radical (unpaired) electrons. The maximum atomic E-state index is 5.71. The molecule has 0 spiro atoms. The quantitative estimate of drug-likeness (QED) is 0.521. The summed E-state index contributed by atoms with van der Waals surface area (Å²) in [5, 5.41) is 3.61. The van der Waals surface area contributed by atoms with Gasteiger partial charge in [0, 0.05) is 33.5 Å². The van der Waals surface area contributed by atoms with E-state index in [0.717, 1.165) is 51.7 Å². The Morgan fingerprint density at radius 1 is 1.05 bits per heavy atom. The van der Waals surface area contributed by atoms with Crippen LogP contribution in [0, 0.1) is 11.3 Å². The van der Waals surface area contributed by atoms with Gasteiger partial charge in [-0.1, -0.05) is 27.7 Å². The van der Waals surface area contributed by atoms with Crippen molar-refractivity contribution in [1.29, 1.82) is 0 Å². The highest BCUT2D eigenvalue weighted by atomic mass is 16.5. The number of hydrogen-bond acceptors (Lipinski definition) is 3. The molecule has 0 aliphatic heterocycles. The Morgan fingerprint density at radius 3 is 2.26 bits per heavy atom. The van der Waals surface area contributed by atoms with Crippen molar-refractivity contribution in [3.8, 4) is 0 Å². The Hall–Kier alpha value is -0.120. The van der Waals surface area contributed by atoms with Crippen LogP contribution in [0.3, 0.4) is 0 Å². The topological polar surface area (TPSA) is 30.5 Å². The fraction of sp³-hybridized carbons (Fsp3) is 1.00. The molecule has 0 rings (SSSR count). The summed E-state index contributed by atoms with van der Waals surface area (Å²) in [5.74, 6) is 0.719. The summed E-state index contributed by atoms with van der Waals surface area (Å²) in [5.41, 5.74) is 0.399. The zero-order chi connectivity index (χ0) is 14.6. The lowest BCUT2D eigenvalue weighted by Crippen LogP contribution is -2.36. The average molecular weight is 273 g/mol. The number of methoxy groups -OCH3 is 1. The highest BCUT2D eigenvalue weighted by Crippen LogP contribution is 2.29. The average Bonchev–Trinajstić information content (AvgIpc) is 2.40. The number of ether oxygens (including phenoxy) is 2. The van der Waals surface area contributed by atoms with Gasteiger partial charge < -0.3 is 14.8 Å². The minimum absolute atomic E-state index is 0.399. The van der Waals surface area contributed by atoms with E-state index in [4.69, 9.17) is 9.47 Å². The van der Waals surface area contributed by atoms with Crippen LogP contribution in [0.4, 0.5) is 0 Å². The molecule has 0 aromatic rings. The summed E-state index contributed by atoms with van der Waals surface area (Å²) >= 11 is 0. The third-order valence-corrected chi connectivity index (χ3v) is 3.97. The fourth-order valence-corrected chi connectivity index (χ4v) is 2.26. The van der Waals surface area contributed by atoms with Crippen molar-refractivity contribution in [2.24, 2.45) is 11.3 Å². The van der Waals surface area contributed by atoms with Crippen molar-refractivity contribution in [2.45, 2.75) is 53.4 Å². The van der Waals surface area contributed by atoms with Gasteiger partial charge in [0.05, 0.1) is 0 Å². The predicted molar refractivity (Wildman–Crippen MR) is 82.7 cm³/mol. The van der Waals surface area contributed by atoms with Crippen LogP contribution in [0.2, 0.25) is 0 Å². The predicted octanol–water partition coefficient (Wildman–Crippen LogP) is 3.48. The standard InChI is InChI=1S/C16H35NO2/c1-6-16(7-2,14-17-13-15(3)4)9-12-19-11-8-10-18-5/h15,17H,6-14H2,1-5H3. The van der Waals surface area contributed by atoms with Crippen LogP contribution in [-0.2, 0) is 9.47 Å². The molecule has 0 aromatic heterocycles. The third kappa shape index (κ3) is 9.42. The van der Waals surface area contributed by atoms with Crippen molar-refractivity contribution in [3.63, 3.8) is 0 Å². The summed E-state index contributed by atoms with van der Waals surface area (Å²) in [6, 6.07) is 0. The molecule has 3 nitrogen and oxygen atoms in total. The van der Waals surface area contributed by atoms with Crippen molar-refractivity contribution in [1.82, 2.24) is 5.32 Å². The molecule has 0 bridgehead atoms. The van der Waals surface area contributed by atoms with Gasteiger partial charge in [0.2, 0.25) is 0 Å². The summed E-state index contributed by atoms with van der Waals surface area (Å²) in [7, 11) is 1.74. The van der Waals surface area contributed by atoms with Gasteiger partial charge in [-0.2, -0.15) is 0 Å². The number of rotatable bonds is 13. The summed E-state index contributed by atoms with van der Waals surface area (Å²) in [4.78, 5) is 0. The molecule has 116 valence electrons. The van der Waals surface area contributed by atoms with Crippen LogP contribution in [0.1, 0.15) is 53.4 Å². The van der Waals surface area contributed by atoms with Crippen LogP contribution in [0.25, 0.3) is 0 Å². The second-order valence-corrected chi connectivity index (χ2v) is 5.94. The minimum Gasteiger partial charge on any atom is -0.385 e. The van der Waals surface area contributed by atoms with Gasteiger partial charge in [0.25, 0.3) is 0 Å². The van der Waals surface area contributed by atoms with Gasteiger partial charge in [0.15, 0.2) is 0 Å². The van der Waals surface area contributed by atoms with Gasteiger partial charge in [-0.25, -0.2) is 0 Å². The molecule has 0 aromatic carbocycles. The first-order chi connectivity index (χ1) is 9.10. The van der Waals surface area contributed by atoms with Crippen LogP contribution < -0.4 is 5.32 Å². The Bertz CT molecular complexity index is 191. The van der Waals surface area contributed by atoms with E-state index in [1.54, 1.807) is 7.11 Å². The van der Waals surface area contributed by atoms with Gasteiger partial charge in [-0.15, -0.1) is 0 Å². The first-order valence-electron chi connectivity index (χ1n) is 7.87. The lowest BCUT2D eigenvalue weighted by molar-refractivity contribution is 0.0720. The monoisotopic (exact) mass is 273 g/mol. The molecule has 0 saturated heterocycles. The molecule has 1 N–H and O–H groups in total. The molecule has 19 heavy (non-hydrogen) atoms. The van der Waals surface area contributed by atoms with Crippen molar-refractivity contribution >= 4 is 0 Å². The number of hydrogen-bond donors (Lipinski definition) is 1. The van der Waals surface area contributed by atoms with Gasteiger partial charge >= 0.3 is 0 Å². The maximum absolute atomic E-state index is 5.71. The molecular formula is C16H35NO2. The van der Waals surface area contributed by atoms with Crippen LogP contribution in [0.5, 0.6) is 0 Å². The highest BCUT2D eigenvalue weighted by molar-refractivity contribution is 4.79. The Labute approximate surface area is 120 Å². The SMILES string of the molecule is CCC(CC)(CCOCCCOC)CNCC(C)C. The smallest absolute Gasteiger partial charge is 0.0487 e. The van der Waals surface area contributed by atoms with Crippen molar-refractivity contribution < 1.29 is 9.47 Å². The molecule has 0 atom stereocenters. The zero-order valence-corrected chi connectivity index (χ0v) is 13.8. The molecule has 0 amide bonds. The van der Waals surface area contributed by atoms with E-state index in [9.17, 15) is 0 Å². The Kier molecular flexibility index (Phi) is 11.6. The summed E-state index contributed by atoms with van der Waals surface area (Å²) in [6.07, 6.45) is 4.58. The Balaban J connectivity index is 3.87. The van der Waals surface area contributed by atoms with Crippen LogP contribution in [0.15, 0.2) is 0 Å². The van der Waals surface area contributed by atoms with E-state index in [-0.39, 0.29) is 0 Å². The molecule has 0 aliphatic rings. The molecule has 0 fully saturated rings. The van der Waals surface area contributed by atoms with Crippen LogP contribution >= 0.6 is 0 Å². The number of nitrogens with one attached hydrogen (secondary N) is 1. The molecular weight excluding hydrogens is 238 g/mol. The molecule has 0 unspecified atom stereocenters. The molecule has 0 heterocycles. The van der Waals surface area contributed by atoms with Gasteiger partial charge in [0.1, 0.15) is 0 Å². The highest BCUT2D eigenvalue weighted by Gasteiger charge is 2.25. The fourth-order valence-electron chi connectivity index (χ4n) is 2.26. The van der Waals surface area contributed by atoms with Gasteiger partial charge in [-0.05, 0) is 43.6 Å². The van der Waals surface area contributed by atoms with E-state index in [1.807, 2.05) is 0 Å². The zero-order valence-electron chi connectivity index (χ0n) is 13.8. The van der Waals surface area contributed by atoms with Crippen molar-refractivity contribution in [2.75, 3.05) is 40.0 Å². The van der Waals surface area contributed by atoms with E-state index >= 15 is 0 Å². The largest absolute Gasteiger partial charge is 0.385 e. The summed E-state index contributed by atoms with van der Waals surface area (Å²) in [6.45, 7) is 13.8. The first kappa shape index (κ1) is 18.9. The molecule has 0 aliphatic carbocycles. The lowest BCUT2D eigenvalue weighted by atomic mass is 9.79. The Morgan fingerprint density at radius 2 is 1.74 bits per heavy atom. The van der Waals surface area contributed by atoms with Gasteiger partial charge in [-0.3, -0.25) is 0 Å². The normalized spacial score (nSPS) is 12.3. The second-order valence-electron chi connectivity index (χ2n) is 5.94. The first-order valence-corrected chi connectivity index (χ1v) is 7.87. The molecule has 0 saturated carbocycles. The van der Waals surface area contributed by atoms with E-state index in [2.05, 4.69) is 33.0 Å². The van der Waals surface area contributed by atoms with E-state index < -0.39 is 0 Å². The molecule has 3 heteroatoms. The minimum atomic E-state index is 0.399. The maximum Gasteiger partial charge on any atom is 0.0487 e. The second kappa shape index (κ2) is 11.7. The summed E-state index contributed by atoms with van der Waals surface area (Å²) < 4.78 is 10.7. The third-order valence-electron chi connectivity index (χ3n) is 3.97. The van der Waals surface area contributed by atoms with Crippen molar-refractivity contribution in [3.05, 3.63) is 0 Å². The van der Waals surface area contributed by atoms with Crippen LogP contribution in [-0.4, -0.2) is 40.0 Å². The van der Waals surface area contributed by atoms with E-state index in [0.29, 0.717) is 5.41 Å². The lowest BCUT2D eigenvalue weighted by Gasteiger charge is -2.32. The van der Waals surface area contributed by atoms with E-state index in [1.165, 1.54) is 12.8 Å².